The Bertz CT molecular complexity index is 710. The summed E-state index contributed by atoms with van der Waals surface area (Å²) in [6.07, 6.45) is -2.73. The van der Waals surface area contributed by atoms with Crippen LogP contribution in [0.25, 0.3) is 0 Å². The smallest absolute Gasteiger partial charge is 0.326 e. The number of amides is 4. The van der Waals surface area contributed by atoms with E-state index in [1.54, 1.807) is 0 Å². The Labute approximate surface area is 169 Å². The van der Waals surface area contributed by atoms with Gasteiger partial charge in [-0.2, -0.15) is 0 Å². The standard InChI is InChI=1S/C15H23N5O10/c16-5-10(22)18-8(4-12(25)26)14(28)20-7(3-9(17)21)13(27)19-6(15(29)30)1-2-11(23)24/h6-8H,1-5,16H2,(H2,17,21)(H,18,22)(H,19,27)(H,20,28)(H,23,24)(H,25,26)(H,29,30). The molecule has 4 amide bonds. The molecule has 0 radical (unpaired) electrons. The molecule has 3 atom stereocenters. The molecule has 0 aliphatic carbocycles. The first-order chi connectivity index (χ1) is 13.9. The Kier molecular flexibility index (Phi) is 11.1. The van der Waals surface area contributed by atoms with Gasteiger partial charge in [0.1, 0.15) is 18.1 Å². The van der Waals surface area contributed by atoms with E-state index in [1.807, 2.05) is 16.0 Å². The number of carbonyl (C=O) groups is 7. The molecule has 0 saturated carbocycles. The number of nitrogens with two attached hydrogens (primary N) is 2. The van der Waals surface area contributed by atoms with Crippen molar-refractivity contribution >= 4 is 41.5 Å². The van der Waals surface area contributed by atoms with Gasteiger partial charge in [-0.05, 0) is 6.42 Å². The van der Waals surface area contributed by atoms with Crippen molar-refractivity contribution in [2.45, 2.75) is 43.8 Å². The first-order valence-corrected chi connectivity index (χ1v) is 8.42. The summed E-state index contributed by atoms with van der Waals surface area (Å²) in [4.78, 5) is 79.9. The number of carboxylic acid groups (broad SMARTS) is 3. The highest BCUT2D eigenvalue weighted by Gasteiger charge is 2.31. The second-order valence-electron chi connectivity index (χ2n) is 5.99. The summed E-state index contributed by atoms with van der Waals surface area (Å²) in [5, 5.41) is 32.6. The number of nitrogens with one attached hydrogen (secondary N) is 3. The minimum atomic E-state index is -1.72. The molecule has 0 fully saturated rings. The molecule has 10 N–H and O–H groups in total. The summed E-state index contributed by atoms with van der Waals surface area (Å²) < 4.78 is 0. The van der Waals surface area contributed by atoms with Crippen molar-refractivity contribution in [3.8, 4) is 0 Å². The lowest BCUT2D eigenvalue weighted by atomic mass is 10.1. The summed E-state index contributed by atoms with van der Waals surface area (Å²) in [5.41, 5.74) is 10.1. The molecule has 168 valence electrons. The van der Waals surface area contributed by atoms with E-state index in [0.29, 0.717) is 0 Å². The molecule has 0 aliphatic rings. The molecule has 0 aromatic rings. The molecular weight excluding hydrogens is 410 g/mol. The maximum absolute atomic E-state index is 12.3. The summed E-state index contributed by atoms with van der Waals surface area (Å²) >= 11 is 0. The predicted molar refractivity (Wildman–Crippen MR) is 95.4 cm³/mol. The fraction of sp³-hybridized carbons (Fsp3) is 0.533. The number of aliphatic carboxylic acids is 3. The molecule has 0 rings (SSSR count). The third-order valence-corrected chi connectivity index (χ3v) is 3.52. The topological polar surface area (TPSA) is 268 Å². The van der Waals surface area contributed by atoms with Gasteiger partial charge < -0.3 is 42.7 Å². The first kappa shape index (κ1) is 26.2. The lowest BCUT2D eigenvalue weighted by molar-refractivity contribution is -0.144. The van der Waals surface area contributed by atoms with Gasteiger partial charge in [0.25, 0.3) is 0 Å². The third kappa shape index (κ3) is 10.5. The van der Waals surface area contributed by atoms with E-state index in [9.17, 15) is 33.6 Å². The van der Waals surface area contributed by atoms with Crippen LogP contribution in [-0.4, -0.2) is 81.5 Å². The first-order valence-electron chi connectivity index (χ1n) is 8.42. The van der Waals surface area contributed by atoms with Crippen molar-refractivity contribution in [3.63, 3.8) is 0 Å². The molecule has 0 bridgehead atoms. The van der Waals surface area contributed by atoms with Crippen molar-refractivity contribution in [1.82, 2.24) is 16.0 Å². The fourth-order valence-corrected chi connectivity index (χ4v) is 2.12. The summed E-state index contributed by atoms with van der Waals surface area (Å²) in [7, 11) is 0. The predicted octanol–water partition coefficient (Wildman–Crippen LogP) is -4.30. The van der Waals surface area contributed by atoms with Crippen LogP contribution in [0.15, 0.2) is 0 Å². The second-order valence-corrected chi connectivity index (χ2v) is 5.99. The number of rotatable bonds is 14. The van der Waals surface area contributed by atoms with Crippen LogP contribution in [0.3, 0.4) is 0 Å². The minimum Gasteiger partial charge on any atom is -0.481 e. The van der Waals surface area contributed by atoms with Crippen LogP contribution in [-0.2, 0) is 33.6 Å². The molecule has 0 aromatic heterocycles. The maximum atomic E-state index is 12.3. The third-order valence-electron chi connectivity index (χ3n) is 3.52. The zero-order valence-corrected chi connectivity index (χ0v) is 15.6. The summed E-state index contributed by atoms with van der Waals surface area (Å²) in [5.74, 6) is -8.63. The number of carboxylic acids is 3. The molecule has 0 aromatic carbocycles. The van der Waals surface area contributed by atoms with Crippen LogP contribution in [0.2, 0.25) is 0 Å². The zero-order chi connectivity index (χ0) is 23.4. The highest BCUT2D eigenvalue weighted by molar-refractivity contribution is 5.96. The van der Waals surface area contributed by atoms with Gasteiger partial charge >= 0.3 is 17.9 Å². The molecule has 15 nitrogen and oxygen atoms in total. The number of carbonyl (C=O) groups excluding carboxylic acids is 4. The van der Waals surface area contributed by atoms with Crippen LogP contribution in [0.1, 0.15) is 25.7 Å². The van der Waals surface area contributed by atoms with Crippen molar-refractivity contribution < 1.29 is 48.9 Å². The molecular formula is C15H23N5O10. The van der Waals surface area contributed by atoms with Gasteiger partial charge in [-0.25, -0.2) is 4.79 Å². The van der Waals surface area contributed by atoms with Gasteiger partial charge in [0.05, 0.1) is 19.4 Å². The normalized spacial score (nSPS) is 13.2. The van der Waals surface area contributed by atoms with Crippen LogP contribution < -0.4 is 27.4 Å². The van der Waals surface area contributed by atoms with Crippen molar-refractivity contribution in [2.75, 3.05) is 6.54 Å². The Morgan fingerprint density at radius 1 is 0.733 bits per heavy atom. The zero-order valence-electron chi connectivity index (χ0n) is 15.6. The Morgan fingerprint density at radius 3 is 1.63 bits per heavy atom. The van der Waals surface area contributed by atoms with E-state index in [0.717, 1.165) is 0 Å². The van der Waals surface area contributed by atoms with E-state index in [4.69, 9.17) is 26.8 Å². The second kappa shape index (κ2) is 12.7. The van der Waals surface area contributed by atoms with Gasteiger partial charge in [0.15, 0.2) is 0 Å². The maximum Gasteiger partial charge on any atom is 0.326 e. The van der Waals surface area contributed by atoms with Gasteiger partial charge in [0, 0.05) is 6.42 Å². The minimum absolute atomic E-state index is 0.484. The largest absolute Gasteiger partial charge is 0.481 e. The summed E-state index contributed by atoms with van der Waals surface area (Å²) in [6.45, 7) is -0.557. The van der Waals surface area contributed by atoms with Gasteiger partial charge in [-0.3, -0.25) is 28.8 Å². The fourth-order valence-electron chi connectivity index (χ4n) is 2.12. The molecule has 0 spiro atoms. The Balaban J connectivity index is 5.41. The van der Waals surface area contributed by atoms with Crippen LogP contribution in [0.5, 0.6) is 0 Å². The molecule has 0 heterocycles. The number of hydrogen-bond acceptors (Lipinski definition) is 8. The molecule has 15 heteroatoms. The van der Waals surface area contributed by atoms with E-state index in [-0.39, 0.29) is 0 Å². The monoisotopic (exact) mass is 433 g/mol. The van der Waals surface area contributed by atoms with Crippen molar-refractivity contribution in [3.05, 3.63) is 0 Å². The van der Waals surface area contributed by atoms with Gasteiger partial charge in [-0.15, -0.1) is 0 Å². The molecule has 0 aliphatic heterocycles. The van der Waals surface area contributed by atoms with E-state index in [2.05, 4.69) is 0 Å². The lowest BCUT2D eigenvalue weighted by Gasteiger charge is -2.23. The van der Waals surface area contributed by atoms with Crippen molar-refractivity contribution in [1.29, 1.82) is 0 Å². The van der Waals surface area contributed by atoms with Crippen molar-refractivity contribution in [2.24, 2.45) is 11.5 Å². The lowest BCUT2D eigenvalue weighted by Crippen LogP contribution is -2.57. The van der Waals surface area contributed by atoms with Crippen LogP contribution >= 0.6 is 0 Å². The highest BCUT2D eigenvalue weighted by atomic mass is 16.4. The van der Waals surface area contributed by atoms with E-state index >= 15 is 0 Å². The van der Waals surface area contributed by atoms with E-state index < -0.39 is 91.9 Å². The van der Waals surface area contributed by atoms with Gasteiger partial charge in [-0.1, -0.05) is 0 Å². The van der Waals surface area contributed by atoms with Crippen LogP contribution in [0.4, 0.5) is 0 Å². The number of primary amides is 1. The quantitative estimate of drug-likeness (QED) is 0.130. The Hall–Kier alpha value is -3.75. The highest BCUT2D eigenvalue weighted by Crippen LogP contribution is 2.02. The van der Waals surface area contributed by atoms with Gasteiger partial charge in [0.2, 0.25) is 23.6 Å². The van der Waals surface area contributed by atoms with Crippen LogP contribution in [0, 0.1) is 0 Å². The average molecular weight is 433 g/mol. The summed E-state index contributed by atoms with van der Waals surface area (Å²) in [6, 6.07) is -5.01. The number of hydrogen-bond donors (Lipinski definition) is 8. The molecule has 3 unspecified atom stereocenters. The SMILES string of the molecule is NCC(=O)NC(CC(=O)O)C(=O)NC(CC(N)=O)C(=O)NC(CCC(=O)O)C(=O)O. The average Bonchev–Trinajstić information content (AvgIpc) is 2.62. The molecule has 0 saturated heterocycles. The Morgan fingerprint density at radius 2 is 1.23 bits per heavy atom. The molecule has 30 heavy (non-hydrogen) atoms. The van der Waals surface area contributed by atoms with E-state index in [1.165, 1.54) is 0 Å².